The van der Waals surface area contributed by atoms with Crippen LogP contribution in [0, 0.1) is 0 Å². The Labute approximate surface area is 218 Å². The number of hydrogen-bond donors (Lipinski definition) is 4. The molecule has 36 heavy (non-hydrogen) atoms. The van der Waals surface area contributed by atoms with Crippen LogP contribution in [0.1, 0.15) is 24.8 Å². The summed E-state index contributed by atoms with van der Waals surface area (Å²) in [4.78, 5) is 29.8. The number of benzene rings is 2. The smallest absolute Gasteiger partial charge is 0.408 e. The lowest BCUT2D eigenvalue weighted by Gasteiger charge is -2.18. The van der Waals surface area contributed by atoms with Gasteiger partial charge in [0.05, 0.1) is 5.69 Å². The summed E-state index contributed by atoms with van der Waals surface area (Å²) in [6.07, 6.45) is 0.324. The fourth-order valence-electron chi connectivity index (χ4n) is 3.14. The van der Waals surface area contributed by atoms with Gasteiger partial charge >= 0.3 is 6.09 Å². The first-order valence-corrected chi connectivity index (χ1v) is 13.8. The summed E-state index contributed by atoms with van der Waals surface area (Å²) in [5, 5.41) is 13.0. The summed E-state index contributed by atoms with van der Waals surface area (Å²) in [6.45, 7) is 0.115. The maximum atomic E-state index is 13.0. The largest absolute Gasteiger partial charge is 0.445 e. The second-order valence-electron chi connectivity index (χ2n) is 7.73. The molecule has 0 aliphatic rings. The minimum Gasteiger partial charge on any atom is -0.445 e. The Bertz CT molecular complexity index is 1250. The van der Waals surface area contributed by atoms with Crippen LogP contribution in [0.4, 0.5) is 9.93 Å². The number of carbonyl (C=O) groups excluding carboxylic acids is 2. The highest BCUT2D eigenvalue weighted by atomic mass is 35.5. The molecule has 3 rings (SSSR count). The molecule has 0 fully saturated rings. The van der Waals surface area contributed by atoms with Gasteiger partial charge in [0.25, 0.3) is 10.2 Å². The van der Waals surface area contributed by atoms with Gasteiger partial charge in [-0.1, -0.05) is 54.1 Å². The lowest BCUT2D eigenvalue weighted by Crippen LogP contribution is -2.44. The number of alkyl carbamates (subject to hydrolysis) is 1. The van der Waals surface area contributed by atoms with Crippen molar-refractivity contribution < 1.29 is 22.7 Å². The van der Waals surface area contributed by atoms with Crippen molar-refractivity contribution in [1.82, 2.24) is 15.0 Å². The molecule has 1 atom stereocenters. The van der Waals surface area contributed by atoms with E-state index in [1.54, 1.807) is 24.3 Å². The highest BCUT2D eigenvalue weighted by molar-refractivity contribution is 7.87. The molecule has 10 nitrogen and oxygen atoms in total. The zero-order chi connectivity index (χ0) is 26.0. The minimum atomic E-state index is -3.79. The van der Waals surface area contributed by atoms with E-state index in [0.29, 0.717) is 23.0 Å². The molecular weight excluding hydrogens is 526 g/mol. The van der Waals surface area contributed by atoms with Gasteiger partial charge in [0.15, 0.2) is 5.13 Å². The molecule has 2 amide bonds. The van der Waals surface area contributed by atoms with Crippen LogP contribution in [0.2, 0.25) is 5.02 Å². The van der Waals surface area contributed by atoms with Crippen LogP contribution in [0.3, 0.4) is 0 Å². The average Bonchev–Trinajstić information content (AvgIpc) is 3.31. The van der Waals surface area contributed by atoms with E-state index in [2.05, 4.69) is 20.3 Å². The maximum Gasteiger partial charge on any atom is 0.408 e. The predicted molar refractivity (Wildman–Crippen MR) is 140 cm³/mol. The minimum absolute atomic E-state index is 0.00252. The van der Waals surface area contributed by atoms with Crippen molar-refractivity contribution in [2.75, 3.05) is 11.9 Å². The molecule has 1 aromatic heterocycles. The van der Waals surface area contributed by atoms with E-state index in [1.807, 2.05) is 35.7 Å². The predicted octanol–water partition coefficient (Wildman–Crippen LogP) is 3.66. The molecule has 0 spiro atoms. The third-order valence-electron chi connectivity index (χ3n) is 4.92. The van der Waals surface area contributed by atoms with Gasteiger partial charge in [-0.25, -0.2) is 19.6 Å². The number of amides is 2. The van der Waals surface area contributed by atoms with Gasteiger partial charge in [0.2, 0.25) is 5.91 Å². The lowest BCUT2D eigenvalue weighted by molar-refractivity contribution is -0.118. The molecule has 192 valence electrons. The van der Waals surface area contributed by atoms with Gasteiger partial charge in [0.1, 0.15) is 12.6 Å². The highest BCUT2D eigenvalue weighted by Crippen LogP contribution is 2.24. The molecule has 0 unspecified atom stereocenters. The normalized spacial score (nSPS) is 12.1. The molecule has 0 aliphatic carbocycles. The van der Waals surface area contributed by atoms with E-state index in [1.165, 1.54) is 11.3 Å². The van der Waals surface area contributed by atoms with Gasteiger partial charge < -0.3 is 15.4 Å². The maximum absolute atomic E-state index is 13.0. The van der Waals surface area contributed by atoms with Crippen molar-refractivity contribution in [3.8, 4) is 11.3 Å². The Balaban J connectivity index is 1.59. The summed E-state index contributed by atoms with van der Waals surface area (Å²) in [5.41, 5.74) is 2.37. The van der Waals surface area contributed by atoms with Crippen LogP contribution < -0.4 is 20.5 Å². The molecule has 0 saturated heterocycles. The van der Waals surface area contributed by atoms with Crippen LogP contribution in [0.15, 0.2) is 60.0 Å². The monoisotopic (exact) mass is 551 g/mol. The molecule has 3 aromatic rings. The van der Waals surface area contributed by atoms with E-state index in [-0.39, 0.29) is 19.6 Å². The number of unbranched alkanes of at least 4 members (excludes halogenated alkanes) is 1. The molecule has 0 radical (unpaired) electrons. The van der Waals surface area contributed by atoms with Crippen molar-refractivity contribution >= 4 is 50.3 Å². The number of nitrogens with two attached hydrogens (primary N) is 1. The Morgan fingerprint density at radius 3 is 2.50 bits per heavy atom. The quantitative estimate of drug-likeness (QED) is 0.252. The van der Waals surface area contributed by atoms with Crippen molar-refractivity contribution in [2.45, 2.75) is 31.9 Å². The molecule has 1 heterocycles. The fraction of sp³-hybridized carbons (Fsp3) is 0.261. The van der Waals surface area contributed by atoms with E-state index in [4.69, 9.17) is 21.5 Å². The Hall–Kier alpha value is -3.03. The molecule has 13 heteroatoms. The zero-order valence-electron chi connectivity index (χ0n) is 19.1. The number of thiazole rings is 1. The number of anilines is 1. The van der Waals surface area contributed by atoms with Gasteiger partial charge in [-0.2, -0.15) is 8.42 Å². The highest BCUT2D eigenvalue weighted by Gasteiger charge is 2.22. The summed E-state index contributed by atoms with van der Waals surface area (Å²) in [7, 11) is -3.79. The molecule has 5 N–H and O–H groups in total. The number of carbonyl (C=O) groups is 2. The van der Waals surface area contributed by atoms with Gasteiger partial charge in [-0.15, -0.1) is 11.3 Å². The van der Waals surface area contributed by atoms with Crippen molar-refractivity contribution in [1.29, 1.82) is 0 Å². The number of nitrogens with zero attached hydrogens (tertiary/aromatic N) is 1. The average molecular weight is 552 g/mol. The number of hydrogen-bond acceptors (Lipinski definition) is 7. The van der Waals surface area contributed by atoms with Gasteiger partial charge in [-0.3, -0.25) is 4.79 Å². The molecule has 0 aliphatic heterocycles. The Morgan fingerprint density at radius 1 is 1.08 bits per heavy atom. The third-order valence-corrected chi connectivity index (χ3v) is 6.53. The zero-order valence-corrected chi connectivity index (χ0v) is 21.5. The number of ether oxygens (including phenoxy) is 1. The van der Waals surface area contributed by atoms with Crippen LogP contribution in [-0.4, -0.2) is 38.0 Å². The van der Waals surface area contributed by atoms with Crippen LogP contribution in [-0.2, 0) is 26.3 Å². The SMILES string of the molecule is NS(=O)(=O)NCCCC[C@H](NC(=O)OCc1ccc(Cl)cc1)C(=O)Nc1nc(-c2ccccc2)cs1. The Kier molecular flexibility index (Phi) is 10.2. The first-order chi connectivity index (χ1) is 17.2. The molecule has 0 bridgehead atoms. The standard InChI is InChI=1S/C23H26ClN5O5S2/c24-18-11-9-16(10-12-18)14-34-23(31)28-19(8-4-5-13-26-36(25,32)33)21(30)29-22-27-20(15-35-22)17-6-2-1-3-7-17/h1-3,6-7,9-12,15,19,26H,4-5,8,13-14H2,(H,28,31)(H2,25,32,33)(H,27,29,30)/t19-/m0/s1. The van der Waals surface area contributed by atoms with E-state index in [9.17, 15) is 18.0 Å². The third kappa shape index (κ3) is 9.55. The van der Waals surface area contributed by atoms with Crippen LogP contribution >= 0.6 is 22.9 Å². The first-order valence-electron chi connectivity index (χ1n) is 11.0. The summed E-state index contributed by atoms with van der Waals surface area (Å²) >= 11 is 7.13. The second-order valence-corrected chi connectivity index (χ2v) is 10.4. The number of halogens is 1. The van der Waals surface area contributed by atoms with Gasteiger partial charge in [-0.05, 0) is 37.0 Å². The molecule has 2 aromatic carbocycles. The van der Waals surface area contributed by atoms with Crippen molar-refractivity contribution in [2.24, 2.45) is 5.14 Å². The van der Waals surface area contributed by atoms with Crippen molar-refractivity contribution in [3.05, 3.63) is 70.6 Å². The first kappa shape index (κ1) is 27.6. The van der Waals surface area contributed by atoms with Crippen molar-refractivity contribution in [3.63, 3.8) is 0 Å². The second kappa shape index (κ2) is 13.3. The topological polar surface area (TPSA) is 153 Å². The summed E-state index contributed by atoms with van der Waals surface area (Å²) in [5.74, 6) is -0.466. The van der Waals surface area contributed by atoms with E-state index < -0.39 is 28.3 Å². The Morgan fingerprint density at radius 2 is 1.81 bits per heavy atom. The number of nitrogens with one attached hydrogen (secondary N) is 3. The molecule has 0 saturated carbocycles. The number of rotatable bonds is 12. The van der Waals surface area contributed by atoms with Gasteiger partial charge in [0, 0.05) is 22.5 Å². The van der Waals surface area contributed by atoms with Crippen LogP contribution in [0.25, 0.3) is 11.3 Å². The summed E-state index contributed by atoms with van der Waals surface area (Å²) < 4.78 is 29.5. The van der Waals surface area contributed by atoms with E-state index >= 15 is 0 Å². The molecular formula is C23H26ClN5O5S2. The van der Waals surface area contributed by atoms with Crippen LogP contribution in [0.5, 0.6) is 0 Å². The number of aromatic nitrogens is 1. The fourth-order valence-corrected chi connectivity index (χ4v) is 4.41. The lowest BCUT2D eigenvalue weighted by atomic mass is 10.1. The van der Waals surface area contributed by atoms with E-state index in [0.717, 1.165) is 16.8 Å². The summed E-state index contributed by atoms with van der Waals surface area (Å²) in [6, 6.07) is 15.4.